The van der Waals surface area contributed by atoms with Crippen molar-refractivity contribution in [1.82, 2.24) is 0 Å². The summed E-state index contributed by atoms with van der Waals surface area (Å²) in [4.78, 5) is 10.3. The number of benzene rings is 1. The zero-order valence-electron chi connectivity index (χ0n) is 7.22. The molecule has 0 aliphatic heterocycles. The van der Waals surface area contributed by atoms with Crippen LogP contribution >= 0.6 is 15.9 Å². The van der Waals surface area contributed by atoms with Gasteiger partial charge in [-0.1, -0.05) is 15.9 Å². The molecule has 0 atom stereocenters. The zero-order chi connectivity index (χ0) is 10.9. The Morgan fingerprint density at radius 2 is 2.00 bits per heavy atom. The summed E-state index contributed by atoms with van der Waals surface area (Å²) in [6.07, 6.45) is 0. The van der Waals surface area contributed by atoms with E-state index in [0.717, 1.165) is 12.1 Å². The zero-order valence-corrected chi connectivity index (χ0v) is 8.81. The normalized spacial score (nSPS) is 11.4. The topological polar surface area (TPSA) is 37.3 Å². The maximum Gasteiger partial charge on any atom is 0.379 e. The maximum absolute atomic E-state index is 13.0. The van der Waals surface area contributed by atoms with E-state index in [1.165, 1.54) is 0 Å². The van der Waals surface area contributed by atoms with Gasteiger partial charge in [0.1, 0.15) is 0 Å². The maximum atomic E-state index is 13.0. The van der Waals surface area contributed by atoms with Gasteiger partial charge in [-0.3, -0.25) is 0 Å². The first-order valence-corrected chi connectivity index (χ1v) is 4.52. The summed E-state index contributed by atoms with van der Waals surface area (Å²) in [7, 11) is 0. The largest absolute Gasteiger partial charge is 0.477 e. The molecule has 0 saturated carbocycles. The molecule has 14 heavy (non-hydrogen) atoms. The molecule has 0 aliphatic rings. The molecule has 0 aromatic heterocycles. The summed E-state index contributed by atoms with van der Waals surface area (Å²) < 4.78 is 26.5. The lowest BCUT2D eigenvalue weighted by molar-refractivity contribution is -0.166. The summed E-state index contributed by atoms with van der Waals surface area (Å²) in [6, 6.07) is 3.88. The first-order chi connectivity index (χ1) is 6.34. The van der Waals surface area contributed by atoms with E-state index in [2.05, 4.69) is 15.9 Å². The molecule has 0 amide bonds. The van der Waals surface area contributed by atoms with Crippen molar-refractivity contribution >= 4 is 21.9 Å². The van der Waals surface area contributed by atoms with Gasteiger partial charge < -0.3 is 5.11 Å². The highest BCUT2D eigenvalue weighted by Crippen LogP contribution is 2.30. The van der Waals surface area contributed by atoms with E-state index in [1.807, 2.05) is 0 Å². The summed E-state index contributed by atoms with van der Waals surface area (Å²) >= 11 is 3.03. The SMILES string of the molecule is Cc1cc(Br)cc(C(F)(F)C(=O)O)c1. The van der Waals surface area contributed by atoms with Gasteiger partial charge in [-0.25, -0.2) is 4.79 Å². The number of aryl methyl sites for hydroxylation is 1. The van der Waals surface area contributed by atoms with Crippen LogP contribution in [0.1, 0.15) is 11.1 Å². The number of aliphatic carboxylic acids is 1. The van der Waals surface area contributed by atoms with E-state index in [-0.39, 0.29) is 0 Å². The number of carbonyl (C=O) groups is 1. The van der Waals surface area contributed by atoms with Crippen molar-refractivity contribution in [2.24, 2.45) is 0 Å². The quantitative estimate of drug-likeness (QED) is 0.892. The average Bonchev–Trinajstić information content (AvgIpc) is 2.01. The van der Waals surface area contributed by atoms with Crippen LogP contribution in [-0.4, -0.2) is 11.1 Å². The van der Waals surface area contributed by atoms with Gasteiger partial charge >= 0.3 is 11.9 Å². The molecule has 2 nitrogen and oxygen atoms in total. The molecule has 0 bridgehead atoms. The van der Waals surface area contributed by atoms with Crippen molar-refractivity contribution in [3.05, 3.63) is 33.8 Å². The number of hydrogen-bond acceptors (Lipinski definition) is 1. The van der Waals surface area contributed by atoms with E-state index in [9.17, 15) is 13.6 Å². The second kappa shape index (κ2) is 3.65. The van der Waals surface area contributed by atoms with Crippen molar-refractivity contribution < 1.29 is 18.7 Å². The van der Waals surface area contributed by atoms with Crippen LogP contribution in [0.5, 0.6) is 0 Å². The molecule has 1 aromatic carbocycles. The number of carboxylic acids is 1. The first-order valence-electron chi connectivity index (χ1n) is 3.73. The fourth-order valence-corrected chi connectivity index (χ4v) is 1.65. The molecule has 0 unspecified atom stereocenters. The lowest BCUT2D eigenvalue weighted by atomic mass is 10.1. The fourth-order valence-electron chi connectivity index (χ4n) is 1.04. The lowest BCUT2D eigenvalue weighted by Gasteiger charge is -2.12. The number of alkyl halides is 2. The second-order valence-electron chi connectivity index (χ2n) is 2.90. The Hall–Kier alpha value is -0.970. The Balaban J connectivity index is 3.25. The second-order valence-corrected chi connectivity index (χ2v) is 3.81. The number of rotatable bonds is 2. The van der Waals surface area contributed by atoms with Gasteiger partial charge in [0.15, 0.2) is 0 Å². The summed E-state index contributed by atoms with van der Waals surface area (Å²) in [5.74, 6) is -5.98. The van der Waals surface area contributed by atoms with Gasteiger partial charge in [0, 0.05) is 10.0 Å². The molecule has 76 valence electrons. The van der Waals surface area contributed by atoms with Crippen molar-refractivity contribution in [3.8, 4) is 0 Å². The van der Waals surface area contributed by atoms with Crippen molar-refractivity contribution in [2.45, 2.75) is 12.8 Å². The molecule has 0 saturated heterocycles. The van der Waals surface area contributed by atoms with E-state index in [1.54, 1.807) is 13.0 Å². The Labute approximate surface area is 87.7 Å². The summed E-state index contributed by atoms with van der Waals surface area (Å²) in [5.41, 5.74) is 0.0622. The van der Waals surface area contributed by atoms with E-state index < -0.39 is 17.5 Å². The van der Waals surface area contributed by atoms with Crippen LogP contribution < -0.4 is 0 Å². The minimum atomic E-state index is -3.84. The smallest absolute Gasteiger partial charge is 0.379 e. The van der Waals surface area contributed by atoms with E-state index in [0.29, 0.717) is 10.0 Å². The van der Waals surface area contributed by atoms with Gasteiger partial charge in [-0.15, -0.1) is 0 Å². The highest BCUT2D eigenvalue weighted by atomic mass is 79.9. The Morgan fingerprint density at radius 1 is 1.43 bits per heavy atom. The number of halogens is 3. The molecule has 5 heteroatoms. The highest BCUT2D eigenvalue weighted by Gasteiger charge is 2.41. The van der Waals surface area contributed by atoms with Crippen LogP contribution in [-0.2, 0) is 10.7 Å². The minimum Gasteiger partial charge on any atom is -0.477 e. The summed E-state index contributed by atoms with van der Waals surface area (Å²) in [5, 5.41) is 8.31. The Kier molecular flexibility index (Phi) is 2.89. The Morgan fingerprint density at radius 3 is 2.43 bits per heavy atom. The van der Waals surface area contributed by atoms with Crippen LogP contribution in [0.25, 0.3) is 0 Å². The molecule has 0 radical (unpaired) electrons. The van der Waals surface area contributed by atoms with Crippen LogP contribution in [0.3, 0.4) is 0 Å². The number of hydrogen-bond donors (Lipinski definition) is 1. The lowest BCUT2D eigenvalue weighted by Crippen LogP contribution is -2.25. The molecule has 0 spiro atoms. The van der Waals surface area contributed by atoms with Crippen LogP contribution in [0.2, 0.25) is 0 Å². The average molecular weight is 265 g/mol. The van der Waals surface area contributed by atoms with Crippen LogP contribution in [0.4, 0.5) is 8.78 Å². The van der Waals surface area contributed by atoms with Gasteiger partial charge in [0.2, 0.25) is 0 Å². The minimum absolute atomic E-state index is 0.438. The Bertz CT molecular complexity index is 357. The van der Waals surface area contributed by atoms with Gasteiger partial charge in [-0.05, 0) is 30.7 Å². The van der Waals surface area contributed by atoms with E-state index >= 15 is 0 Å². The van der Waals surface area contributed by atoms with E-state index in [4.69, 9.17) is 5.11 Å². The fraction of sp³-hybridized carbons (Fsp3) is 0.222. The molecule has 1 rings (SSSR count). The van der Waals surface area contributed by atoms with Crippen LogP contribution in [0, 0.1) is 6.92 Å². The standard InChI is InChI=1S/C9H7BrF2O2/c1-5-2-6(4-7(10)3-5)9(11,12)8(13)14/h2-4H,1H3,(H,13,14). The van der Waals surface area contributed by atoms with Crippen LogP contribution in [0.15, 0.2) is 22.7 Å². The molecular formula is C9H7BrF2O2. The third kappa shape index (κ3) is 2.09. The molecule has 1 N–H and O–H groups in total. The number of carboxylic acid groups (broad SMARTS) is 1. The van der Waals surface area contributed by atoms with Gasteiger partial charge in [0.05, 0.1) is 0 Å². The predicted molar refractivity (Wildman–Crippen MR) is 50.4 cm³/mol. The molecule has 1 aromatic rings. The van der Waals surface area contributed by atoms with Crippen molar-refractivity contribution in [2.75, 3.05) is 0 Å². The highest BCUT2D eigenvalue weighted by molar-refractivity contribution is 9.10. The third-order valence-electron chi connectivity index (χ3n) is 1.67. The summed E-state index contributed by atoms with van der Waals surface area (Å²) in [6.45, 7) is 1.62. The molecular weight excluding hydrogens is 258 g/mol. The molecule has 0 aliphatic carbocycles. The van der Waals surface area contributed by atoms with Crippen molar-refractivity contribution in [1.29, 1.82) is 0 Å². The molecule has 0 fully saturated rings. The first kappa shape index (κ1) is 11.1. The third-order valence-corrected chi connectivity index (χ3v) is 2.13. The monoisotopic (exact) mass is 264 g/mol. The van der Waals surface area contributed by atoms with Crippen molar-refractivity contribution in [3.63, 3.8) is 0 Å². The molecule has 0 heterocycles. The predicted octanol–water partition coefficient (Wildman–Crippen LogP) is 2.93. The van der Waals surface area contributed by atoms with Gasteiger partial charge in [0.25, 0.3) is 0 Å². The van der Waals surface area contributed by atoms with Gasteiger partial charge in [-0.2, -0.15) is 8.78 Å².